The van der Waals surface area contributed by atoms with E-state index in [2.05, 4.69) is 48.1 Å². The van der Waals surface area contributed by atoms with E-state index < -0.39 is 0 Å². The molecule has 1 saturated carbocycles. The molecule has 4 heteroatoms. The summed E-state index contributed by atoms with van der Waals surface area (Å²) in [6, 6.07) is 8.89. The van der Waals surface area contributed by atoms with E-state index in [1.165, 1.54) is 30.6 Å². The number of thioether (sulfide) groups is 1. The Balaban J connectivity index is 1.86. The maximum Gasteiger partial charge on any atom is 0.171 e. The lowest BCUT2D eigenvalue weighted by molar-refractivity contribution is 0.309. The van der Waals surface area contributed by atoms with E-state index in [-0.39, 0.29) is 0 Å². The normalized spacial score (nSPS) is 22.8. The van der Waals surface area contributed by atoms with Crippen molar-refractivity contribution in [1.82, 2.24) is 5.32 Å². The van der Waals surface area contributed by atoms with Crippen molar-refractivity contribution in [2.75, 3.05) is 11.6 Å². The van der Waals surface area contributed by atoms with E-state index in [1.54, 1.807) is 11.8 Å². The van der Waals surface area contributed by atoms with Gasteiger partial charge in [0.05, 0.1) is 0 Å². The van der Waals surface area contributed by atoms with Gasteiger partial charge in [0.2, 0.25) is 0 Å². The van der Waals surface area contributed by atoms with Crippen LogP contribution in [0.3, 0.4) is 0 Å². The zero-order valence-electron chi connectivity index (χ0n) is 11.6. The first kappa shape index (κ1) is 14.7. The number of thiocarbonyl (C=S) groups is 1. The van der Waals surface area contributed by atoms with Gasteiger partial charge in [-0.15, -0.1) is 11.8 Å². The molecule has 1 aromatic rings. The molecule has 1 aliphatic carbocycles. The van der Waals surface area contributed by atoms with E-state index in [0.717, 1.165) is 10.8 Å². The van der Waals surface area contributed by atoms with Gasteiger partial charge in [0.1, 0.15) is 0 Å². The molecule has 2 N–H and O–H groups in total. The second-order valence-corrected chi connectivity index (χ2v) is 6.48. The Morgan fingerprint density at radius 1 is 1.21 bits per heavy atom. The minimum Gasteiger partial charge on any atom is -0.359 e. The highest BCUT2D eigenvalue weighted by Gasteiger charge is 2.21. The van der Waals surface area contributed by atoms with E-state index in [0.29, 0.717) is 12.0 Å². The van der Waals surface area contributed by atoms with Crippen LogP contribution < -0.4 is 10.6 Å². The summed E-state index contributed by atoms with van der Waals surface area (Å²) in [7, 11) is 0. The molecule has 0 aliphatic heterocycles. The molecule has 2 atom stereocenters. The van der Waals surface area contributed by atoms with Crippen LogP contribution in [0.15, 0.2) is 29.2 Å². The first-order valence-electron chi connectivity index (χ1n) is 6.90. The largest absolute Gasteiger partial charge is 0.359 e. The van der Waals surface area contributed by atoms with Gasteiger partial charge in [0.25, 0.3) is 0 Å². The predicted molar refractivity (Wildman–Crippen MR) is 89.0 cm³/mol. The Bertz CT molecular complexity index is 417. The Hall–Kier alpha value is -0.740. The monoisotopic (exact) mass is 294 g/mol. The summed E-state index contributed by atoms with van der Waals surface area (Å²) in [5, 5.41) is 7.48. The third kappa shape index (κ3) is 4.39. The van der Waals surface area contributed by atoms with Crippen molar-refractivity contribution < 1.29 is 0 Å². The molecule has 0 amide bonds. The summed E-state index contributed by atoms with van der Waals surface area (Å²) in [6.07, 6.45) is 7.29. The number of anilines is 1. The smallest absolute Gasteiger partial charge is 0.171 e. The minimum atomic E-state index is 0.527. The van der Waals surface area contributed by atoms with E-state index in [9.17, 15) is 0 Å². The minimum absolute atomic E-state index is 0.527. The lowest BCUT2D eigenvalue weighted by atomic mass is 9.86. The van der Waals surface area contributed by atoms with Crippen LogP contribution in [0, 0.1) is 5.92 Å². The van der Waals surface area contributed by atoms with Crippen LogP contribution in [-0.4, -0.2) is 17.4 Å². The zero-order valence-corrected chi connectivity index (χ0v) is 13.2. The van der Waals surface area contributed by atoms with Gasteiger partial charge in [-0.1, -0.05) is 19.8 Å². The maximum absolute atomic E-state index is 5.40. The molecule has 0 saturated heterocycles. The Morgan fingerprint density at radius 3 is 2.53 bits per heavy atom. The van der Waals surface area contributed by atoms with Crippen LogP contribution in [0.5, 0.6) is 0 Å². The highest BCUT2D eigenvalue weighted by molar-refractivity contribution is 7.98. The van der Waals surface area contributed by atoms with E-state index >= 15 is 0 Å². The zero-order chi connectivity index (χ0) is 13.7. The first-order chi connectivity index (χ1) is 9.19. The van der Waals surface area contributed by atoms with Crippen molar-refractivity contribution in [1.29, 1.82) is 0 Å². The Morgan fingerprint density at radius 2 is 1.89 bits per heavy atom. The fourth-order valence-electron chi connectivity index (χ4n) is 2.54. The maximum atomic E-state index is 5.40. The van der Waals surface area contributed by atoms with E-state index in [4.69, 9.17) is 12.2 Å². The topological polar surface area (TPSA) is 24.1 Å². The van der Waals surface area contributed by atoms with Crippen molar-refractivity contribution in [2.24, 2.45) is 5.92 Å². The fourth-order valence-corrected chi connectivity index (χ4v) is 3.22. The second-order valence-electron chi connectivity index (χ2n) is 5.20. The molecule has 1 fully saturated rings. The third-order valence-corrected chi connectivity index (χ3v) is 4.74. The highest BCUT2D eigenvalue weighted by Crippen LogP contribution is 2.24. The molecule has 0 radical (unpaired) electrons. The van der Waals surface area contributed by atoms with Crippen LogP contribution in [0.25, 0.3) is 0 Å². The fraction of sp³-hybridized carbons (Fsp3) is 0.533. The molecule has 104 valence electrons. The van der Waals surface area contributed by atoms with E-state index in [1.807, 2.05) is 0 Å². The van der Waals surface area contributed by atoms with Gasteiger partial charge in [0, 0.05) is 16.6 Å². The van der Waals surface area contributed by atoms with Crippen LogP contribution in [0.4, 0.5) is 5.69 Å². The molecule has 2 nitrogen and oxygen atoms in total. The van der Waals surface area contributed by atoms with Crippen molar-refractivity contribution in [3.8, 4) is 0 Å². The quantitative estimate of drug-likeness (QED) is 0.642. The predicted octanol–water partition coefficient (Wildman–Crippen LogP) is 4.27. The Labute approximate surface area is 125 Å². The number of nitrogens with one attached hydrogen (secondary N) is 2. The molecule has 0 aromatic heterocycles. The Kier molecular flexibility index (Phi) is 5.52. The molecule has 0 unspecified atom stereocenters. The molecular formula is C15H22N2S2. The third-order valence-electron chi connectivity index (χ3n) is 3.78. The van der Waals surface area contributed by atoms with Crippen LogP contribution in [0.1, 0.15) is 32.6 Å². The van der Waals surface area contributed by atoms with Gasteiger partial charge in [-0.25, -0.2) is 0 Å². The van der Waals surface area contributed by atoms with Gasteiger partial charge in [-0.05, 0) is 61.5 Å². The number of hydrogen-bond donors (Lipinski definition) is 2. The average molecular weight is 294 g/mol. The highest BCUT2D eigenvalue weighted by atomic mass is 32.2. The van der Waals surface area contributed by atoms with Gasteiger partial charge in [-0.2, -0.15) is 0 Å². The molecule has 2 rings (SSSR count). The van der Waals surface area contributed by atoms with Gasteiger partial charge in [-0.3, -0.25) is 0 Å². The summed E-state index contributed by atoms with van der Waals surface area (Å²) in [5.41, 5.74) is 1.05. The standard InChI is InChI=1S/C15H22N2S2/c1-11-5-3-4-6-14(11)17-15(18)16-12-7-9-13(19-2)10-8-12/h7-11,14H,3-6H2,1-2H3,(H2,16,17,18)/t11-,14-/m0/s1. The lowest BCUT2D eigenvalue weighted by Crippen LogP contribution is -2.43. The average Bonchev–Trinajstić information content (AvgIpc) is 2.42. The van der Waals surface area contributed by atoms with Crippen molar-refractivity contribution in [3.63, 3.8) is 0 Å². The number of benzene rings is 1. The number of hydrogen-bond acceptors (Lipinski definition) is 2. The molecule has 1 aliphatic rings. The van der Waals surface area contributed by atoms with Crippen LogP contribution in [0.2, 0.25) is 0 Å². The summed E-state index contributed by atoms with van der Waals surface area (Å²) >= 11 is 7.15. The molecular weight excluding hydrogens is 272 g/mol. The van der Waals surface area contributed by atoms with Crippen LogP contribution >= 0.6 is 24.0 Å². The molecule has 1 aromatic carbocycles. The number of rotatable bonds is 3. The lowest BCUT2D eigenvalue weighted by Gasteiger charge is -2.30. The van der Waals surface area contributed by atoms with Crippen LogP contribution in [-0.2, 0) is 0 Å². The molecule has 0 spiro atoms. The van der Waals surface area contributed by atoms with Crippen molar-refractivity contribution in [2.45, 2.75) is 43.5 Å². The van der Waals surface area contributed by atoms with Crippen molar-refractivity contribution in [3.05, 3.63) is 24.3 Å². The SMILES string of the molecule is CSc1ccc(NC(=S)N[C@H]2CCCC[C@@H]2C)cc1. The molecule has 19 heavy (non-hydrogen) atoms. The summed E-state index contributed by atoms with van der Waals surface area (Å²) in [4.78, 5) is 1.27. The van der Waals surface area contributed by atoms with Gasteiger partial charge in [0.15, 0.2) is 5.11 Å². The first-order valence-corrected chi connectivity index (χ1v) is 8.54. The summed E-state index contributed by atoms with van der Waals surface area (Å²) in [6.45, 7) is 2.31. The molecule has 0 bridgehead atoms. The molecule has 0 heterocycles. The second kappa shape index (κ2) is 7.15. The summed E-state index contributed by atoms with van der Waals surface area (Å²) in [5.74, 6) is 0.715. The van der Waals surface area contributed by atoms with Gasteiger partial charge < -0.3 is 10.6 Å². The van der Waals surface area contributed by atoms with Gasteiger partial charge >= 0.3 is 0 Å². The van der Waals surface area contributed by atoms with Crippen molar-refractivity contribution >= 4 is 34.8 Å². The summed E-state index contributed by atoms with van der Waals surface area (Å²) < 4.78 is 0.